The molecule has 2 aromatic rings. The fourth-order valence-electron chi connectivity index (χ4n) is 2.98. The zero-order chi connectivity index (χ0) is 18.4. The number of nitrogens with zero attached hydrogens (tertiary/aromatic N) is 1. The number of carbonyl (C=O) groups is 2. The predicted octanol–water partition coefficient (Wildman–Crippen LogP) is 3.72. The molecule has 0 bridgehead atoms. The van der Waals surface area contributed by atoms with Gasteiger partial charge >= 0.3 is 0 Å². The van der Waals surface area contributed by atoms with Crippen LogP contribution in [0.25, 0.3) is 0 Å². The van der Waals surface area contributed by atoms with E-state index in [1.807, 2.05) is 35.2 Å². The van der Waals surface area contributed by atoms with Gasteiger partial charge in [0.25, 0.3) is 11.8 Å². The molecule has 0 saturated carbocycles. The summed E-state index contributed by atoms with van der Waals surface area (Å²) in [5, 5.41) is 2.82. The summed E-state index contributed by atoms with van der Waals surface area (Å²) in [7, 11) is 0. The molecule has 2 amide bonds. The maximum absolute atomic E-state index is 12.5. The first-order valence-electron chi connectivity index (χ1n) is 9.05. The zero-order valence-corrected chi connectivity index (χ0v) is 15.0. The molecule has 1 heterocycles. The summed E-state index contributed by atoms with van der Waals surface area (Å²) >= 11 is 0. The third kappa shape index (κ3) is 4.63. The van der Waals surface area contributed by atoms with Crippen LogP contribution in [0.5, 0.6) is 5.75 Å². The summed E-state index contributed by atoms with van der Waals surface area (Å²) in [5.41, 5.74) is 1.30. The summed E-state index contributed by atoms with van der Waals surface area (Å²) in [6.07, 6.45) is 2.71. The number of hydrogen-bond donors (Lipinski definition) is 1. The zero-order valence-electron chi connectivity index (χ0n) is 15.0. The summed E-state index contributed by atoms with van der Waals surface area (Å²) in [5.74, 6) is 0.477. The Hall–Kier alpha value is -2.82. The Morgan fingerprint density at radius 1 is 0.962 bits per heavy atom. The van der Waals surface area contributed by atoms with Crippen LogP contribution in [0.2, 0.25) is 0 Å². The molecule has 2 aromatic carbocycles. The number of piperidine rings is 1. The minimum Gasteiger partial charge on any atom is -0.481 e. The lowest BCUT2D eigenvalue weighted by Gasteiger charge is -2.26. The summed E-state index contributed by atoms with van der Waals surface area (Å²) in [4.78, 5) is 26.6. The summed E-state index contributed by atoms with van der Waals surface area (Å²) < 4.78 is 5.62. The van der Waals surface area contributed by atoms with Crippen LogP contribution in [0.15, 0.2) is 54.6 Å². The van der Waals surface area contributed by atoms with E-state index in [4.69, 9.17) is 4.74 Å². The fraction of sp³-hybridized carbons (Fsp3) is 0.333. The Morgan fingerprint density at radius 2 is 1.62 bits per heavy atom. The molecule has 1 aliphatic rings. The number of rotatable bonds is 5. The Balaban J connectivity index is 1.56. The molecule has 26 heavy (non-hydrogen) atoms. The number of likely N-dealkylation sites (tertiary alicyclic amines) is 1. The molecule has 3 rings (SSSR count). The largest absolute Gasteiger partial charge is 0.481 e. The monoisotopic (exact) mass is 352 g/mol. The van der Waals surface area contributed by atoms with Gasteiger partial charge in [0, 0.05) is 24.3 Å². The Morgan fingerprint density at radius 3 is 2.27 bits per heavy atom. The summed E-state index contributed by atoms with van der Waals surface area (Å²) in [6.45, 7) is 3.36. The number of carbonyl (C=O) groups excluding carboxylic acids is 2. The molecule has 136 valence electrons. The lowest BCUT2D eigenvalue weighted by molar-refractivity contribution is -0.122. The van der Waals surface area contributed by atoms with Crippen LogP contribution in [0, 0.1) is 0 Å². The molecule has 1 fully saturated rings. The van der Waals surface area contributed by atoms with E-state index in [0.717, 1.165) is 25.9 Å². The highest BCUT2D eigenvalue weighted by Gasteiger charge is 2.19. The second kappa shape index (κ2) is 8.52. The topological polar surface area (TPSA) is 58.6 Å². The van der Waals surface area contributed by atoms with Gasteiger partial charge in [0.1, 0.15) is 5.75 Å². The van der Waals surface area contributed by atoms with Gasteiger partial charge < -0.3 is 15.0 Å². The van der Waals surface area contributed by atoms with Crippen molar-refractivity contribution in [1.29, 1.82) is 0 Å². The van der Waals surface area contributed by atoms with Crippen LogP contribution < -0.4 is 10.1 Å². The average molecular weight is 352 g/mol. The highest BCUT2D eigenvalue weighted by Crippen LogP contribution is 2.16. The number of para-hydroxylation sites is 1. The molecule has 0 aliphatic carbocycles. The van der Waals surface area contributed by atoms with E-state index in [9.17, 15) is 9.59 Å². The molecule has 0 spiro atoms. The molecular formula is C21H24N2O3. The van der Waals surface area contributed by atoms with Crippen LogP contribution in [-0.2, 0) is 4.79 Å². The second-order valence-corrected chi connectivity index (χ2v) is 6.49. The molecule has 0 unspecified atom stereocenters. The number of nitrogens with one attached hydrogen (secondary N) is 1. The van der Waals surface area contributed by atoms with Crippen LogP contribution in [0.4, 0.5) is 5.69 Å². The molecule has 0 aromatic heterocycles. The standard InChI is InChI=1S/C21H24N2O3/c1-16(26-19-8-4-2-5-9-19)20(24)22-18-12-10-17(11-13-18)21(25)23-14-6-3-7-15-23/h2,4-5,8-13,16H,3,6-7,14-15H2,1H3,(H,22,24)/t16-/m0/s1. The lowest BCUT2D eigenvalue weighted by Crippen LogP contribution is -2.35. The fourth-order valence-corrected chi connectivity index (χ4v) is 2.98. The maximum Gasteiger partial charge on any atom is 0.265 e. The van der Waals surface area contributed by atoms with Gasteiger partial charge in [-0.2, -0.15) is 0 Å². The van der Waals surface area contributed by atoms with Gasteiger partial charge in [-0.15, -0.1) is 0 Å². The first-order valence-corrected chi connectivity index (χ1v) is 9.05. The van der Waals surface area contributed by atoms with Gasteiger partial charge in [-0.1, -0.05) is 18.2 Å². The molecular weight excluding hydrogens is 328 g/mol. The van der Waals surface area contributed by atoms with Gasteiger partial charge in [0.2, 0.25) is 0 Å². The molecule has 1 saturated heterocycles. The highest BCUT2D eigenvalue weighted by atomic mass is 16.5. The average Bonchev–Trinajstić information content (AvgIpc) is 2.69. The Kier molecular flexibility index (Phi) is 5.89. The third-order valence-corrected chi connectivity index (χ3v) is 4.47. The van der Waals surface area contributed by atoms with Crippen molar-refractivity contribution >= 4 is 17.5 Å². The molecule has 1 aliphatic heterocycles. The maximum atomic E-state index is 12.5. The number of benzene rings is 2. The minimum absolute atomic E-state index is 0.0587. The number of anilines is 1. The quantitative estimate of drug-likeness (QED) is 0.892. The van der Waals surface area contributed by atoms with E-state index in [2.05, 4.69) is 5.32 Å². The first kappa shape index (κ1) is 18.0. The van der Waals surface area contributed by atoms with Crippen LogP contribution >= 0.6 is 0 Å². The van der Waals surface area contributed by atoms with E-state index >= 15 is 0 Å². The summed E-state index contributed by atoms with van der Waals surface area (Å²) in [6, 6.07) is 16.3. The molecule has 5 heteroatoms. The van der Waals surface area contributed by atoms with Gasteiger partial charge in [-0.05, 0) is 62.6 Å². The SMILES string of the molecule is C[C@H](Oc1ccccc1)C(=O)Nc1ccc(C(=O)N2CCCCC2)cc1. The molecule has 0 radical (unpaired) electrons. The van der Waals surface area contributed by atoms with E-state index in [1.54, 1.807) is 31.2 Å². The van der Waals surface area contributed by atoms with Gasteiger partial charge in [0.05, 0.1) is 0 Å². The van der Waals surface area contributed by atoms with Crippen molar-refractivity contribution in [3.63, 3.8) is 0 Å². The van der Waals surface area contributed by atoms with E-state index in [-0.39, 0.29) is 11.8 Å². The minimum atomic E-state index is -0.618. The van der Waals surface area contributed by atoms with Gasteiger partial charge in [0.15, 0.2) is 6.10 Å². The van der Waals surface area contributed by atoms with Gasteiger partial charge in [-0.3, -0.25) is 9.59 Å². The molecule has 1 atom stereocenters. The predicted molar refractivity (Wildman–Crippen MR) is 101 cm³/mol. The van der Waals surface area contributed by atoms with Crippen molar-refractivity contribution in [3.05, 3.63) is 60.2 Å². The second-order valence-electron chi connectivity index (χ2n) is 6.49. The van der Waals surface area contributed by atoms with Crippen molar-refractivity contribution in [2.24, 2.45) is 0 Å². The van der Waals surface area contributed by atoms with Crippen LogP contribution in [0.1, 0.15) is 36.5 Å². The van der Waals surface area contributed by atoms with Crippen molar-refractivity contribution in [2.45, 2.75) is 32.3 Å². The smallest absolute Gasteiger partial charge is 0.265 e. The van der Waals surface area contributed by atoms with Gasteiger partial charge in [-0.25, -0.2) is 0 Å². The van der Waals surface area contributed by atoms with Crippen LogP contribution in [-0.4, -0.2) is 35.9 Å². The van der Waals surface area contributed by atoms with Crippen molar-refractivity contribution in [1.82, 2.24) is 4.90 Å². The first-order chi connectivity index (χ1) is 12.6. The van der Waals surface area contributed by atoms with E-state index in [1.165, 1.54) is 6.42 Å². The molecule has 1 N–H and O–H groups in total. The normalized spacial score (nSPS) is 15.2. The Bertz CT molecular complexity index is 738. The number of ether oxygens (including phenoxy) is 1. The number of hydrogen-bond acceptors (Lipinski definition) is 3. The molecule has 5 nitrogen and oxygen atoms in total. The lowest BCUT2D eigenvalue weighted by atomic mass is 10.1. The van der Waals surface area contributed by atoms with Crippen molar-refractivity contribution < 1.29 is 14.3 Å². The Labute approximate surface area is 154 Å². The van der Waals surface area contributed by atoms with E-state index < -0.39 is 6.10 Å². The van der Waals surface area contributed by atoms with Crippen molar-refractivity contribution in [2.75, 3.05) is 18.4 Å². The van der Waals surface area contributed by atoms with Crippen LogP contribution in [0.3, 0.4) is 0 Å². The highest BCUT2D eigenvalue weighted by molar-refractivity contribution is 5.96. The number of amides is 2. The van der Waals surface area contributed by atoms with Crippen molar-refractivity contribution in [3.8, 4) is 5.75 Å². The van der Waals surface area contributed by atoms with E-state index in [0.29, 0.717) is 17.0 Å². The third-order valence-electron chi connectivity index (χ3n) is 4.47.